The molecular weight excluding hydrogens is 384 g/mol. The van der Waals surface area contributed by atoms with Crippen molar-refractivity contribution in [1.29, 1.82) is 0 Å². The van der Waals surface area contributed by atoms with Gasteiger partial charge in [0.05, 0.1) is 15.7 Å². The van der Waals surface area contributed by atoms with E-state index in [1.54, 1.807) is 0 Å². The zero-order chi connectivity index (χ0) is 15.4. The van der Waals surface area contributed by atoms with Gasteiger partial charge in [0, 0.05) is 12.6 Å². The van der Waals surface area contributed by atoms with Crippen LogP contribution in [0.15, 0.2) is 22.8 Å². The van der Waals surface area contributed by atoms with E-state index in [1.807, 2.05) is 6.92 Å². The summed E-state index contributed by atoms with van der Waals surface area (Å²) in [6.45, 7) is 2.74. The van der Waals surface area contributed by atoms with Crippen LogP contribution in [0.4, 0.5) is 10.3 Å². The van der Waals surface area contributed by atoms with Crippen molar-refractivity contribution in [1.82, 2.24) is 9.97 Å². The van der Waals surface area contributed by atoms with E-state index in [9.17, 15) is 4.39 Å². The topological polar surface area (TPSA) is 47.0 Å². The zero-order valence-electron chi connectivity index (χ0n) is 11.0. The van der Waals surface area contributed by atoms with Gasteiger partial charge in [-0.2, -0.15) is 4.98 Å². The zero-order valence-corrected chi connectivity index (χ0v) is 14.1. The predicted molar refractivity (Wildman–Crippen MR) is 85.0 cm³/mol. The molecule has 1 aromatic carbocycles. The van der Waals surface area contributed by atoms with Gasteiger partial charge in [-0.05, 0) is 28.4 Å². The number of hydrogen-bond donors (Lipinski definition) is 1. The third-order valence-electron chi connectivity index (χ3n) is 2.43. The lowest BCUT2D eigenvalue weighted by atomic mass is 10.3. The molecule has 0 amide bonds. The van der Waals surface area contributed by atoms with Crippen LogP contribution in [0.25, 0.3) is 0 Å². The number of nitrogens with zero attached hydrogens (tertiary/aromatic N) is 2. The molecule has 4 nitrogen and oxygen atoms in total. The lowest BCUT2D eigenvalue weighted by Crippen LogP contribution is -2.05. The van der Waals surface area contributed by atoms with E-state index in [0.29, 0.717) is 10.4 Å². The summed E-state index contributed by atoms with van der Waals surface area (Å²) in [5.74, 6) is 0.151. The number of hydrogen-bond acceptors (Lipinski definition) is 4. The van der Waals surface area contributed by atoms with Gasteiger partial charge in [0.15, 0.2) is 0 Å². The van der Waals surface area contributed by atoms with Gasteiger partial charge in [-0.1, -0.05) is 30.1 Å². The molecule has 0 atom stereocenters. The first-order valence-corrected chi connectivity index (χ1v) is 7.65. The molecule has 0 fully saturated rings. The summed E-state index contributed by atoms with van der Waals surface area (Å²) in [5.41, 5.74) is 0. The highest BCUT2D eigenvalue weighted by Crippen LogP contribution is 2.35. The first-order chi connectivity index (χ1) is 10.0. The van der Waals surface area contributed by atoms with E-state index in [2.05, 4.69) is 31.2 Å². The minimum absolute atomic E-state index is 0.00619. The van der Waals surface area contributed by atoms with Gasteiger partial charge < -0.3 is 10.1 Å². The highest BCUT2D eigenvalue weighted by atomic mass is 79.9. The summed E-state index contributed by atoms with van der Waals surface area (Å²) in [6, 6.07) is 2.56. The van der Waals surface area contributed by atoms with Crippen LogP contribution < -0.4 is 10.1 Å². The predicted octanol–water partition coefficient (Wildman–Crippen LogP) is 5.30. The molecule has 0 aliphatic heterocycles. The Labute approximate surface area is 139 Å². The fourth-order valence-electron chi connectivity index (χ4n) is 1.43. The Morgan fingerprint density at radius 1 is 1.33 bits per heavy atom. The summed E-state index contributed by atoms with van der Waals surface area (Å²) in [6.07, 6.45) is 2.35. The van der Waals surface area contributed by atoms with Crippen molar-refractivity contribution in [3.05, 3.63) is 38.7 Å². The second-order valence-electron chi connectivity index (χ2n) is 4.07. The summed E-state index contributed by atoms with van der Waals surface area (Å²) in [4.78, 5) is 8.18. The Kier molecular flexibility index (Phi) is 5.61. The number of aromatic nitrogens is 2. The molecule has 0 aliphatic rings. The Morgan fingerprint density at radius 2 is 2.10 bits per heavy atom. The first-order valence-electron chi connectivity index (χ1n) is 6.10. The van der Waals surface area contributed by atoms with Crippen LogP contribution in [0.3, 0.4) is 0 Å². The number of rotatable bonds is 5. The minimum atomic E-state index is -0.593. The maximum absolute atomic E-state index is 13.5. The van der Waals surface area contributed by atoms with Crippen molar-refractivity contribution in [3.63, 3.8) is 0 Å². The Morgan fingerprint density at radius 3 is 2.81 bits per heavy atom. The van der Waals surface area contributed by atoms with E-state index in [-0.39, 0.29) is 21.7 Å². The Hall–Kier alpha value is -1.11. The summed E-state index contributed by atoms with van der Waals surface area (Å²) >= 11 is 14.9. The third kappa shape index (κ3) is 4.18. The Bertz CT molecular complexity index is 658. The molecule has 0 radical (unpaired) electrons. The molecule has 1 aromatic heterocycles. The van der Waals surface area contributed by atoms with Crippen LogP contribution >= 0.6 is 39.1 Å². The fraction of sp³-hybridized carbons (Fsp3) is 0.231. The highest BCUT2D eigenvalue weighted by Gasteiger charge is 2.13. The second-order valence-corrected chi connectivity index (χ2v) is 5.74. The second kappa shape index (κ2) is 7.24. The molecule has 2 aromatic rings. The van der Waals surface area contributed by atoms with Gasteiger partial charge in [-0.3, -0.25) is 0 Å². The van der Waals surface area contributed by atoms with E-state index in [0.717, 1.165) is 19.0 Å². The number of halogens is 4. The van der Waals surface area contributed by atoms with Gasteiger partial charge in [0.2, 0.25) is 11.8 Å². The number of nitrogens with one attached hydrogen (secondary N) is 1. The third-order valence-corrected chi connectivity index (χ3v) is 3.60. The lowest BCUT2D eigenvalue weighted by Gasteiger charge is -2.10. The standard InChI is InChI=1S/C13H11BrCl2FN3O/c1-2-3-18-13-19-6-9(16)12(20-13)21-11-5-10(17)8(15)4-7(11)14/h4-6H,2-3H2,1H3,(H,18,19,20). The van der Waals surface area contributed by atoms with Crippen LogP contribution in [0.1, 0.15) is 13.3 Å². The molecule has 0 saturated carbocycles. The maximum Gasteiger partial charge on any atom is 0.243 e. The van der Waals surface area contributed by atoms with Crippen LogP contribution in [-0.2, 0) is 0 Å². The molecule has 112 valence electrons. The molecule has 0 bridgehead atoms. The van der Waals surface area contributed by atoms with Crippen molar-refractivity contribution in [2.75, 3.05) is 11.9 Å². The van der Waals surface area contributed by atoms with Crippen molar-refractivity contribution in [2.45, 2.75) is 13.3 Å². The molecule has 8 heteroatoms. The molecule has 0 saturated heterocycles. The van der Waals surface area contributed by atoms with E-state index >= 15 is 0 Å². The number of anilines is 1. The SMILES string of the molecule is CCCNc1ncc(Cl)c(Oc2cc(F)c(Cl)cc2Br)n1. The largest absolute Gasteiger partial charge is 0.436 e. The monoisotopic (exact) mass is 393 g/mol. The van der Waals surface area contributed by atoms with E-state index in [1.165, 1.54) is 12.3 Å². The van der Waals surface area contributed by atoms with Crippen LogP contribution in [-0.4, -0.2) is 16.5 Å². The fourth-order valence-corrected chi connectivity index (χ4v) is 2.28. The molecule has 1 heterocycles. The smallest absolute Gasteiger partial charge is 0.243 e. The molecule has 1 N–H and O–H groups in total. The summed E-state index contributed by atoms with van der Waals surface area (Å²) < 4.78 is 19.5. The molecule has 0 spiro atoms. The summed E-state index contributed by atoms with van der Waals surface area (Å²) in [5, 5.41) is 3.23. The van der Waals surface area contributed by atoms with Crippen molar-refractivity contribution >= 4 is 45.1 Å². The van der Waals surface area contributed by atoms with Gasteiger partial charge >= 0.3 is 0 Å². The van der Waals surface area contributed by atoms with Crippen molar-refractivity contribution < 1.29 is 9.13 Å². The Balaban J connectivity index is 2.28. The van der Waals surface area contributed by atoms with Gasteiger partial charge in [-0.15, -0.1) is 0 Å². The average molecular weight is 395 g/mol. The van der Waals surface area contributed by atoms with Crippen LogP contribution in [0.5, 0.6) is 11.6 Å². The molecule has 0 aliphatic carbocycles. The molecule has 0 unspecified atom stereocenters. The quantitative estimate of drug-likeness (QED) is 0.699. The van der Waals surface area contributed by atoms with Crippen molar-refractivity contribution in [2.24, 2.45) is 0 Å². The molecular formula is C13H11BrCl2FN3O. The van der Waals surface area contributed by atoms with Crippen LogP contribution in [0.2, 0.25) is 10.0 Å². The number of benzene rings is 1. The summed E-state index contributed by atoms with van der Waals surface area (Å²) in [7, 11) is 0. The van der Waals surface area contributed by atoms with Gasteiger partial charge in [0.25, 0.3) is 0 Å². The average Bonchev–Trinajstić information content (AvgIpc) is 2.45. The molecule has 21 heavy (non-hydrogen) atoms. The van der Waals surface area contributed by atoms with Crippen molar-refractivity contribution in [3.8, 4) is 11.6 Å². The van der Waals surface area contributed by atoms with Gasteiger partial charge in [0.1, 0.15) is 16.6 Å². The first kappa shape index (κ1) is 16.3. The van der Waals surface area contributed by atoms with E-state index in [4.69, 9.17) is 27.9 Å². The molecule has 2 rings (SSSR count). The normalized spacial score (nSPS) is 10.5. The minimum Gasteiger partial charge on any atom is -0.436 e. The number of ether oxygens (including phenoxy) is 1. The van der Waals surface area contributed by atoms with E-state index < -0.39 is 5.82 Å². The highest BCUT2D eigenvalue weighted by molar-refractivity contribution is 9.10. The van der Waals surface area contributed by atoms with Gasteiger partial charge in [-0.25, -0.2) is 9.37 Å². The van der Waals surface area contributed by atoms with Crippen LogP contribution in [0, 0.1) is 5.82 Å². The lowest BCUT2D eigenvalue weighted by molar-refractivity contribution is 0.455. The maximum atomic E-state index is 13.5.